The van der Waals surface area contributed by atoms with Crippen LogP contribution in [0.5, 0.6) is 0 Å². The van der Waals surface area contributed by atoms with E-state index in [0.717, 1.165) is 0 Å². The molecule has 0 radical (unpaired) electrons. The van der Waals surface area contributed by atoms with Crippen molar-refractivity contribution in [2.75, 3.05) is 44.7 Å². The first kappa shape index (κ1) is 16.3. The molecule has 0 N–H and O–H groups in total. The molecular weight excluding hydrogens is 309 g/mol. The Morgan fingerprint density at radius 2 is 1.90 bits per heavy atom. The second-order valence-electron chi connectivity index (χ2n) is 4.78. The van der Waals surface area contributed by atoms with Crippen LogP contribution in [0.25, 0.3) is 0 Å². The first-order valence-corrected chi connectivity index (χ1v) is 6.81. The molecule has 9 heteroatoms. The van der Waals surface area contributed by atoms with Crippen LogP contribution in [-0.2, 0) is 11.3 Å². The lowest BCUT2D eigenvalue weighted by Crippen LogP contribution is -2.49. The highest BCUT2D eigenvalue weighted by atomic mass is 35.5. The van der Waals surface area contributed by atoms with Crippen molar-refractivity contribution in [3.63, 3.8) is 0 Å². The molecule has 1 fully saturated rings. The fraction of sp³-hybridized carbons (Fsp3) is 0.667. The first-order chi connectivity index (χ1) is 9.87. The van der Waals surface area contributed by atoms with E-state index < -0.39 is 12.7 Å². The van der Waals surface area contributed by atoms with Gasteiger partial charge in [-0.2, -0.15) is 13.2 Å². The SMILES string of the molecule is COCc1nc(Cl)cc(N2CCN(CC(F)(F)F)CC2)n1. The zero-order valence-electron chi connectivity index (χ0n) is 11.5. The van der Waals surface area contributed by atoms with Crippen LogP contribution in [0.3, 0.4) is 0 Å². The molecule has 0 saturated carbocycles. The molecule has 0 bridgehead atoms. The van der Waals surface area contributed by atoms with Gasteiger partial charge in [0.05, 0.1) is 6.54 Å². The summed E-state index contributed by atoms with van der Waals surface area (Å²) in [4.78, 5) is 11.6. The van der Waals surface area contributed by atoms with Crippen molar-refractivity contribution in [2.45, 2.75) is 12.8 Å². The zero-order valence-corrected chi connectivity index (χ0v) is 12.3. The Kier molecular flexibility index (Phi) is 5.23. The van der Waals surface area contributed by atoms with Crippen molar-refractivity contribution in [3.05, 3.63) is 17.0 Å². The smallest absolute Gasteiger partial charge is 0.377 e. The fourth-order valence-corrected chi connectivity index (χ4v) is 2.39. The second-order valence-corrected chi connectivity index (χ2v) is 5.16. The van der Waals surface area contributed by atoms with Crippen molar-refractivity contribution in [1.82, 2.24) is 14.9 Å². The van der Waals surface area contributed by atoms with Crippen LogP contribution >= 0.6 is 11.6 Å². The Bertz CT molecular complexity index is 478. The normalized spacial score (nSPS) is 17.3. The predicted octanol–water partition coefficient (Wildman–Crippen LogP) is 1.96. The summed E-state index contributed by atoms with van der Waals surface area (Å²) in [6.07, 6.45) is -4.16. The molecule has 0 aromatic carbocycles. The van der Waals surface area contributed by atoms with Crippen molar-refractivity contribution in [3.8, 4) is 0 Å². The predicted molar refractivity (Wildman–Crippen MR) is 72.5 cm³/mol. The summed E-state index contributed by atoms with van der Waals surface area (Å²) in [6, 6.07) is 1.61. The van der Waals surface area contributed by atoms with Gasteiger partial charge in [0.25, 0.3) is 0 Å². The van der Waals surface area contributed by atoms with E-state index >= 15 is 0 Å². The van der Waals surface area contributed by atoms with Crippen molar-refractivity contribution in [2.24, 2.45) is 0 Å². The summed E-state index contributed by atoms with van der Waals surface area (Å²) in [7, 11) is 1.53. The third-order valence-electron chi connectivity index (χ3n) is 3.10. The van der Waals surface area contributed by atoms with E-state index in [0.29, 0.717) is 43.0 Å². The number of piperazine rings is 1. The minimum Gasteiger partial charge on any atom is -0.377 e. The number of alkyl halides is 3. The number of methoxy groups -OCH3 is 1. The van der Waals surface area contributed by atoms with Crippen molar-refractivity contribution >= 4 is 17.4 Å². The van der Waals surface area contributed by atoms with E-state index in [2.05, 4.69) is 9.97 Å². The van der Waals surface area contributed by atoms with E-state index in [1.54, 1.807) is 6.07 Å². The zero-order chi connectivity index (χ0) is 15.5. The molecule has 0 aliphatic carbocycles. The Hall–Kier alpha value is -1.12. The summed E-state index contributed by atoms with van der Waals surface area (Å²) in [5, 5.41) is 0.296. The van der Waals surface area contributed by atoms with E-state index in [4.69, 9.17) is 16.3 Å². The van der Waals surface area contributed by atoms with E-state index in [-0.39, 0.29) is 6.61 Å². The Morgan fingerprint density at radius 1 is 1.24 bits per heavy atom. The molecule has 0 amide bonds. The Labute approximate surface area is 125 Å². The molecule has 118 valence electrons. The fourth-order valence-electron chi connectivity index (χ4n) is 2.20. The molecule has 0 unspecified atom stereocenters. The third-order valence-corrected chi connectivity index (χ3v) is 3.29. The number of halogens is 4. The summed E-state index contributed by atoms with van der Waals surface area (Å²) in [5.41, 5.74) is 0. The van der Waals surface area contributed by atoms with E-state index in [1.807, 2.05) is 4.90 Å². The van der Waals surface area contributed by atoms with Crippen LogP contribution in [0.4, 0.5) is 19.0 Å². The van der Waals surface area contributed by atoms with Gasteiger partial charge in [-0.1, -0.05) is 11.6 Å². The van der Waals surface area contributed by atoms with Gasteiger partial charge in [-0.15, -0.1) is 0 Å². The maximum atomic E-state index is 12.3. The van der Waals surface area contributed by atoms with Crippen molar-refractivity contribution in [1.29, 1.82) is 0 Å². The van der Waals surface area contributed by atoms with E-state index in [1.165, 1.54) is 12.0 Å². The van der Waals surface area contributed by atoms with Gasteiger partial charge in [0.15, 0.2) is 5.82 Å². The highest BCUT2D eigenvalue weighted by Gasteiger charge is 2.32. The highest BCUT2D eigenvalue weighted by molar-refractivity contribution is 6.29. The lowest BCUT2D eigenvalue weighted by molar-refractivity contribution is -0.146. The monoisotopic (exact) mass is 324 g/mol. The quantitative estimate of drug-likeness (QED) is 0.792. The molecule has 1 aromatic rings. The molecule has 1 aliphatic heterocycles. The summed E-state index contributed by atoms with van der Waals surface area (Å²) < 4.78 is 42.0. The van der Waals surface area contributed by atoms with Crippen LogP contribution in [0.1, 0.15) is 5.82 Å². The van der Waals surface area contributed by atoms with Crippen LogP contribution in [0.15, 0.2) is 6.07 Å². The van der Waals surface area contributed by atoms with Gasteiger partial charge in [0.1, 0.15) is 17.6 Å². The second kappa shape index (κ2) is 6.76. The number of nitrogens with zero attached hydrogens (tertiary/aromatic N) is 4. The topological polar surface area (TPSA) is 41.5 Å². The molecule has 21 heavy (non-hydrogen) atoms. The minimum absolute atomic E-state index is 0.238. The molecule has 5 nitrogen and oxygen atoms in total. The van der Waals surface area contributed by atoms with Gasteiger partial charge in [-0.05, 0) is 0 Å². The lowest BCUT2D eigenvalue weighted by atomic mass is 10.3. The molecular formula is C12H16ClF3N4O. The Morgan fingerprint density at radius 3 is 2.48 bits per heavy atom. The van der Waals surface area contributed by atoms with Gasteiger partial charge in [0.2, 0.25) is 0 Å². The maximum absolute atomic E-state index is 12.3. The lowest BCUT2D eigenvalue weighted by Gasteiger charge is -2.35. The maximum Gasteiger partial charge on any atom is 0.401 e. The number of anilines is 1. The molecule has 1 saturated heterocycles. The number of hydrogen-bond donors (Lipinski definition) is 0. The molecule has 0 atom stereocenters. The first-order valence-electron chi connectivity index (χ1n) is 6.44. The van der Waals surface area contributed by atoms with Crippen molar-refractivity contribution < 1.29 is 17.9 Å². The Balaban J connectivity index is 1.98. The summed E-state index contributed by atoms with van der Waals surface area (Å²) in [6.45, 7) is 0.967. The number of aromatic nitrogens is 2. The van der Waals surface area contributed by atoms with Gasteiger partial charge >= 0.3 is 6.18 Å². The number of ether oxygens (including phenoxy) is 1. The standard InChI is InChI=1S/C12H16ClF3N4O/c1-21-7-10-17-9(13)6-11(18-10)20-4-2-19(3-5-20)8-12(14,15)16/h6H,2-5,7-8H2,1H3. The molecule has 2 rings (SSSR count). The molecule has 2 heterocycles. The minimum atomic E-state index is -4.16. The number of hydrogen-bond acceptors (Lipinski definition) is 5. The molecule has 1 aliphatic rings. The van der Waals surface area contributed by atoms with Crippen LogP contribution < -0.4 is 4.90 Å². The van der Waals surface area contributed by atoms with Gasteiger partial charge < -0.3 is 9.64 Å². The third kappa shape index (κ3) is 4.98. The molecule has 1 aromatic heterocycles. The average Bonchev–Trinajstić information content (AvgIpc) is 2.37. The number of rotatable bonds is 4. The van der Waals surface area contributed by atoms with Crippen LogP contribution in [-0.4, -0.2) is 60.9 Å². The summed E-state index contributed by atoms with van der Waals surface area (Å²) in [5.74, 6) is 1.08. The largest absolute Gasteiger partial charge is 0.401 e. The highest BCUT2D eigenvalue weighted by Crippen LogP contribution is 2.21. The van der Waals surface area contributed by atoms with Crippen LogP contribution in [0.2, 0.25) is 5.15 Å². The van der Waals surface area contributed by atoms with Gasteiger partial charge in [0, 0.05) is 39.4 Å². The summed E-state index contributed by atoms with van der Waals surface area (Å²) >= 11 is 5.93. The molecule has 0 spiro atoms. The van der Waals surface area contributed by atoms with Gasteiger partial charge in [-0.25, -0.2) is 9.97 Å². The van der Waals surface area contributed by atoms with Gasteiger partial charge in [-0.3, -0.25) is 4.90 Å². The van der Waals surface area contributed by atoms with E-state index in [9.17, 15) is 13.2 Å². The average molecular weight is 325 g/mol. The van der Waals surface area contributed by atoms with Crippen LogP contribution in [0, 0.1) is 0 Å².